The summed E-state index contributed by atoms with van der Waals surface area (Å²) in [5, 5.41) is 3.62. The molecule has 78 valence electrons. The highest BCUT2D eigenvalue weighted by Gasteiger charge is 2.31. The van der Waals surface area contributed by atoms with Crippen molar-refractivity contribution in [1.82, 2.24) is 9.78 Å². The summed E-state index contributed by atoms with van der Waals surface area (Å²) in [7, 11) is 0. The number of halogens is 3. The molecule has 3 nitrogen and oxygen atoms in total. The van der Waals surface area contributed by atoms with Gasteiger partial charge in [-0.25, -0.2) is 0 Å². The third-order valence-electron chi connectivity index (χ3n) is 1.92. The molecule has 0 saturated heterocycles. The van der Waals surface area contributed by atoms with Crippen molar-refractivity contribution in [2.24, 2.45) is 0 Å². The monoisotopic (exact) mass is 214 g/mol. The highest BCUT2D eigenvalue weighted by atomic mass is 19.4. The van der Waals surface area contributed by atoms with Gasteiger partial charge >= 0.3 is 6.30 Å². The molecule has 1 aromatic carbocycles. The Morgan fingerprint density at radius 3 is 2.67 bits per heavy atom. The Balaban J connectivity index is 2.61. The van der Waals surface area contributed by atoms with Gasteiger partial charge in [0.15, 0.2) is 0 Å². The molecule has 15 heavy (non-hydrogen) atoms. The van der Waals surface area contributed by atoms with Crippen LogP contribution in [0, 0.1) is 0 Å². The van der Waals surface area contributed by atoms with Gasteiger partial charge in [0.1, 0.15) is 6.29 Å². The number of fused-ring (bicyclic) bond motifs is 1. The summed E-state index contributed by atoms with van der Waals surface area (Å²) in [6.07, 6.45) is -3.10. The first kappa shape index (κ1) is 9.70. The lowest BCUT2D eigenvalue weighted by atomic mass is 10.2. The molecule has 2 aromatic rings. The maximum atomic E-state index is 12.2. The lowest BCUT2D eigenvalue weighted by Crippen LogP contribution is -2.16. The van der Waals surface area contributed by atoms with Crippen LogP contribution >= 0.6 is 0 Å². The molecular formula is C9H5F3N2O. The minimum atomic E-state index is -4.53. The summed E-state index contributed by atoms with van der Waals surface area (Å²) >= 11 is 0. The first-order chi connectivity index (χ1) is 7.00. The van der Waals surface area contributed by atoms with E-state index in [1.165, 1.54) is 18.2 Å². The van der Waals surface area contributed by atoms with E-state index in [0.717, 1.165) is 6.20 Å². The third kappa shape index (κ3) is 1.70. The molecule has 0 aliphatic rings. The Bertz CT molecular complexity index is 516. The molecule has 6 heteroatoms. The molecule has 0 unspecified atom stereocenters. The molecule has 0 saturated carbocycles. The minimum Gasteiger partial charge on any atom is -0.298 e. The number of rotatable bonds is 1. The van der Waals surface area contributed by atoms with Crippen LogP contribution in [0.5, 0.6) is 0 Å². The number of nitrogens with zero attached hydrogens (tertiary/aromatic N) is 2. The second kappa shape index (κ2) is 3.08. The Morgan fingerprint density at radius 2 is 2.07 bits per heavy atom. The van der Waals surface area contributed by atoms with Crippen LogP contribution < -0.4 is 0 Å². The van der Waals surface area contributed by atoms with E-state index >= 15 is 0 Å². The van der Waals surface area contributed by atoms with Crippen LogP contribution in [0.25, 0.3) is 10.9 Å². The van der Waals surface area contributed by atoms with E-state index in [1.54, 1.807) is 0 Å². The normalized spacial score (nSPS) is 11.9. The Kier molecular flexibility index (Phi) is 1.99. The molecule has 0 fully saturated rings. The lowest BCUT2D eigenvalue weighted by molar-refractivity contribution is -0.211. The molecule has 1 heterocycles. The number of aldehydes is 1. The number of carbonyl (C=O) groups excluding carboxylic acids is 1. The standard InChI is InChI=1S/C9H5F3N2O/c10-9(11,12)14-4-7-3-6(5-15)1-2-8(7)13-14/h1-5H. The summed E-state index contributed by atoms with van der Waals surface area (Å²) in [5.74, 6) is 0. The molecule has 1 aromatic heterocycles. The zero-order valence-corrected chi connectivity index (χ0v) is 7.32. The van der Waals surface area contributed by atoms with Crippen LogP contribution in [0.3, 0.4) is 0 Å². The molecule has 0 spiro atoms. The summed E-state index contributed by atoms with van der Waals surface area (Å²) in [6.45, 7) is 0. The van der Waals surface area contributed by atoms with Crippen LogP contribution in [-0.2, 0) is 6.30 Å². The van der Waals surface area contributed by atoms with Crippen molar-refractivity contribution in [1.29, 1.82) is 0 Å². The number of alkyl halides is 3. The highest BCUT2D eigenvalue weighted by Crippen LogP contribution is 2.24. The van der Waals surface area contributed by atoms with Crippen molar-refractivity contribution in [2.45, 2.75) is 6.30 Å². The van der Waals surface area contributed by atoms with Gasteiger partial charge in [0.2, 0.25) is 0 Å². The molecular weight excluding hydrogens is 209 g/mol. The largest absolute Gasteiger partial charge is 0.504 e. The fourth-order valence-electron chi connectivity index (χ4n) is 1.25. The fourth-order valence-corrected chi connectivity index (χ4v) is 1.25. The quantitative estimate of drug-likeness (QED) is 0.683. The minimum absolute atomic E-state index is 0.0771. The van der Waals surface area contributed by atoms with E-state index < -0.39 is 6.30 Å². The van der Waals surface area contributed by atoms with E-state index in [4.69, 9.17) is 0 Å². The zero-order chi connectivity index (χ0) is 11.1. The Hall–Kier alpha value is -1.85. The van der Waals surface area contributed by atoms with E-state index in [1.807, 2.05) is 0 Å². The van der Waals surface area contributed by atoms with E-state index in [9.17, 15) is 18.0 Å². The predicted octanol–water partition coefficient (Wildman–Crippen LogP) is 2.33. The highest BCUT2D eigenvalue weighted by molar-refractivity contribution is 5.86. The van der Waals surface area contributed by atoms with Crippen molar-refractivity contribution in [3.63, 3.8) is 0 Å². The Morgan fingerprint density at radius 1 is 1.33 bits per heavy atom. The van der Waals surface area contributed by atoms with Gasteiger partial charge in [-0.05, 0) is 18.2 Å². The van der Waals surface area contributed by atoms with Gasteiger partial charge in [-0.1, -0.05) is 0 Å². The molecule has 0 atom stereocenters. The van der Waals surface area contributed by atoms with Crippen molar-refractivity contribution >= 4 is 17.2 Å². The first-order valence-electron chi connectivity index (χ1n) is 4.02. The molecule has 2 rings (SSSR count). The maximum Gasteiger partial charge on any atom is 0.504 e. The predicted molar refractivity (Wildman–Crippen MR) is 46.4 cm³/mol. The second-order valence-electron chi connectivity index (χ2n) is 2.98. The summed E-state index contributed by atoms with van der Waals surface area (Å²) in [4.78, 5) is 10.4. The molecule has 0 aliphatic heterocycles. The maximum absolute atomic E-state index is 12.2. The summed E-state index contributed by atoms with van der Waals surface area (Å²) < 4.78 is 36.6. The Labute approximate surface area is 82.1 Å². The first-order valence-corrected chi connectivity index (χ1v) is 4.02. The van der Waals surface area contributed by atoms with Crippen molar-refractivity contribution < 1.29 is 18.0 Å². The molecule has 0 N–H and O–H groups in total. The fraction of sp³-hybridized carbons (Fsp3) is 0.111. The summed E-state index contributed by atoms with van der Waals surface area (Å²) in [6, 6.07) is 4.15. The van der Waals surface area contributed by atoms with Gasteiger partial charge in [-0.15, -0.1) is 13.2 Å². The smallest absolute Gasteiger partial charge is 0.298 e. The topological polar surface area (TPSA) is 34.9 Å². The number of hydrogen-bond acceptors (Lipinski definition) is 2. The van der Waals surface area contributed by atoms with Crippen molar-refractivity contribution in [2.75, 3.05) is 0 Å². The molecule has 0 radical (unpaired) electrons. The van der Waals surface area contributed by atoms with E-state index in [2.05, 4.69) is 5.10 Å². The number of aromatic nitrogens is 2. The number of benzene rings is 1. The number of hydrogen-bond donors (Lipinski definition) is 0. The average molecular weight is 214 g/mol. The summed E-state index contributed by atoms with van der Waals surface area (Å²) in [5.41, 5.74) is 0.530. The van der Waals surface area contributed by atoms with Crippen molar-refractivity contribution in [3.8, 4) is 0 Å². The molecule has 0 amide bonds. The van der Waals surface area contributed by atoms with Crippen molar-refractivity contribution in [3.05, 3.63) is 30.0 Å². The van der Waals surface area contributed by atoms with Gasteiger partial charge in [-0.3, -0.25) is 4.79 Å². The van der Waals surface area contributed by atoms with Gasteiger partial charge in [0.25, 0.3) is 0 Å². The molecule has 0 bridgehead atoms. The van der Waals surface area contributed by atoms with Crippen LogP contribution in [0.1, 0.15) is 10.4 Å². The van der Waals surface area contributed by atoms with Gasteiger partial charge in [0, 0.05) is 17.1 Å². The van der Waals surface area contributed by atoms with Gasteiger partial charge in [-0.2, -0.15) is 9.78 Å². The van der Waals surface area contributed by atoms with Gasteiger partial charge < -0.3 is 0 Å². The molecule has 0 aliphatic carbocycles. The SMILES string of the molecule is O=Cc1ccc2nn(C(F)(F)F)cc2c1. The zero-order valence-electron chi connectivity index (χ0n) is 7.32. The lowest BCUT2D eigenvalue weighted by Gasteiger charge is -2.03. The van der Waals surface area contributed by atoms with Crippen LogP contribution in [0.15, 0.2) is 24.4 Å². The van der Waals surface area contributed by atoms with Crippen LogP contribution in [-0.4, -0.2) is 16.1 Å². The average Bonchev–Trinajstić information content (AvgIpc) is 2.59. The van der Waals surface area contributed by atoms with Crippen LogP contribution in [0.2, 0.25) is 0 Å². The number of carbonyl (C=O) groups is 1. The van der Waals surface area contributed by atoms with Crippen LogP contribution in [0.4, 0.5) is 13.2 Å². The van der Waals surface area contributed by atoms with Gasteiger partial charge in [0.05, 0.1) is 5.52 Å². The third-order valence-corrected chi connectivity index (χ3v) is 1.92. The van der Waals surface area contributed by atoms with E-state index in [-0.39, 0.29) is 15.6 Å². The van der Waals surface area contributed by atoms with E-state index in [0.29, 0.717) is 11.8 Å². The second-order valence-corrected chi connectivity index (χ2v) is 2.98.